The number of nitrogens with zero attached hydrogens (tertiary/aromatic N) is 2. The first-order valence-corrected chi connectivity index (χ1v) is 6.79. The Morgan fingerprint density at radius 2 is 2.05 bits per heavy atom. The number of benzene rings is 1. The second-order valence-corrected chi connectivity index (χ2v) is 5.35. The number of hydrogen-bond acceptors (Lipinski definition) is 3. The van der Waals surface area contributed by atoms with Gasteiger partial charge in [-0.1, -0.05) is 12.1 Å². The third-order valence-electron chi connectivity index (χ3n) is 3.45. The van der Waals surface area contributed by atoms with Crippen molar-refractivity contribution in [3.63, 3.8) is 0 Å². The first kappa shape index (κ1) is 14.5. The van der Waals surface area contributed by atoms with Crippen LogP contribution in [0.3, 0.4) is 0 Å². The second-order valence-electron chi connectivity index (χ2n) is 5.35. The van der Waals surface area contributed by atoms with Crippen LogP contribution in [0.1, 0.15) is 11.3 Å². The zero-order valence-corrected chi connectivity index (χ0v) is 12.3. The molecule has 4 nitrogen and oxygen atoms in total. The van der Waals surface area contributed by atoms with E-state index in [1.54, 1.807) is 19.0 Å². The molecule has 2 N–H and O–H groups in total. The van der Waals surface area contributed by atoms with Gasteiger partial charge in [0.05, 0.1) is 11.4 Å². The number of hydrogen-bond donors (Lipinski definition) is 1. The summed E-state index contributed by atoms with van der Waals surface area (Å²) in [7, 11) is 3.52. The van der Waals surface area contributed by atoms with Crippen molar-refractivity contribution in [1.82, 2.24) is 9.88 Å². The van der Waals surface area contributed by atoms with Crippen molar-refractivity contribution >= 4 is 16.8 Å². The SMILES string of the molecule is Cc1ccc2cc(CC(CN)C(=O)N(C)C)ccc2n1. The fourth-order valence-electron chi connectivity index (χ4n) is 2.33. The van der Waals surface area contributed by atoms with Crippen LogP contribution in [-0.4, -0.2) is 36.4 Å². The van der Waals surface area contributed by atoms with Gasteiger partial charge in [-0.05, 0) is 37.1 Å². The molecule has 1 unspecified atom stereocenters. The molecule has 1 atom stereocenters. The van der Waals surface area contributed by atoms with Gasteiger partial charge in [-0.15, -0.1) is 0 Å². The minimum absolute atomic E-state index is 0.0784. The van der Waals surface area contributed by atoms with Crippen LogP contribution in [0.15, 0.2) is 30.3 Å². The van der Waals surface area contributed by atoms with Crippen LogP contribution >= 0.6 is 0 Å². The van der Waals surface area contributed by atoms with Crippen molar-refractivity contribution in [3.8, 4) is 0 Å². The van der Waals surface area contributed by atoms with Crippen molar-refractivity contribution < 1.29 is 4.79 Å². The molecule has 0 spiro atoms. The van der Waals surface area contributed by atoms with Crippen LogP contribution in [0.4, 0.5) is 0 Å². The first-order chi connectivity index (χ1) is 9.51. The Bertz CT molecular complexity index is 622. The molecule has 1 aromatic heterocycles. The fourth-order valence-corrected chi connectivity index (χ4v) is 2.33. The number of aryl methyl sites for hydroxylation is 1. The summed E-state index contributed by atoms with van der Waals surface area (Å²) in [5.41, 5.74) is 8.84. The summed E-state index contributed by atoms with van der Waals surface area (Å²) in [6.45, 7) is 2.34. The highest BCUT2D eigenvalue weighted by molar-refractivity contribution is 5.81. The fraction of sp³-hybridized carbons (Fsp3) is 0.375. The smallest absolute Gasteiger partial charge is 0.226 e. The molecule has 0 bridgehead atoms. The normalized spacial score (nSPS) is 12.4. The Kier molecular flexibility index (Phi) is 4.35. The van der Waals surface area contributed by atoms with Crippen molar-refractivity contribution in [1.29, 1.82) is 0 Å². The summed E-state index contributed by atoms with van der Waals surface area (Å²) in [5, 5.41) is 1.10. The van der Waals surface area contributed by atoms with Gasteiger partial charge >= 0.3 is 0 Å². The first-order valence-electron chi connectivity index (χ1n) is 6.79. The number of carbonyl (C=O) groups excluding carboxylic acids is 1. The predicted molar refractivity (Wildman–Crippen MR) is 81.4 cm³/mol. The molecular formula is C16H21N3O. The van der Waals surface area contributed by atoms with Crippen LogP contribution in [0.5, 0.6) is 0 Å². The van der Waals surface area contributed by atoms with Crippen LogP contribution in [0.2, 0.25) is 0 Å². The molecule has 0 aliphatic rings. The largest absolute Gasteiger partial charge is 0.349 e. The average Bonchev–Trinajstić information content (AvgIpc) is 2.43. The molecule has 0 radical (unpaired) electrons. The third kappa shape index (κ3) is 3.14. The highest BCUT2D eigenvalue weighted by Crippen LogP contribution is 2.17. The Hall–Kier alpha value is -1.94. The maximum atomic E-state index is 12.0. The van der Waals surface area contributed by atoms with E-state index in [1.165, 1.54) is 0 Å². The molecule has 0 saturated heterocycles. The topological polar surface area (TPSA) is 59.2 Å². The number of pyridine rings is 1. The molecule has 2 rings (SSSR count). The molecule has 0 fully saturated rings. The van der Waals surface area contributed by atoms with E-state index < -0.39 is 0 Å². The monoisotopic (exact) mass is 271 g/mol. The molecule has 20 heavy (non-hydrogen) atoms. The van der Waals surface area contributed by atoms with Gasteiger partial charge in [-0.25, -0.2) is 0 Å². The maximum Gasteiger partial charge on any atom is 0.226 e. The number of aromatic nitrogens is 1. The summed E-state index contributed by atoms with van der Waals surface area (Å²) in [4.78, 5) is 18.1. The van der Waals surface area contributed by atoms with Gasteiger partial charge < -0.3 is 10.6 Å². The maximum absolute atomic E-state index is 12.0. The summed E-state index contributed by atoms with van der Waals surface area (Å²) in [6.07, 6.45) is 0.664. The van der Waals surface area contributed by atoms with Gasteiger partial charge in [-0.3, -0.25) is 9.78 Å². The van der Waals surface area contributed by atoms with E-state index in [9.17, 15) is 4.79 Å². The Balaban J connectivity index is 2.24. The van der Waals surface area contributed by atoms with Crippen LogP contribution in [0.25, 0.3) is 10.9 Å². The molecule has 1 aromatic carbocycles. The van der Waals surface area contributed by atoms with Gasteiger partial charge in [0.1, 0.15) is 0 Å². The lowest BCUT2D eigenvalue weighted by molar-refractivity contribution is -0.132. The number of carbonyl (C=O) groups is 1. The van der Waals surface area contributed by atoms with Crippen LogP contribution in [0, 0.1) is 12.8 Å². The number of rotatable bonds is 4. The third-order valence-corrected chi connectivity index (χ3v) is 3.45. The zero-order chi connectivity index (χ0) is 14.7. The lowest BCUT2D eigenvalue weighted by atomic mass is 9.97. The lowest BCUT2D eigenvalue weighted by Crippen LogP contribution is -2.35. The summed E-state index contributed by atoms with van der Waals surface area (Å²) in [6, 6.07) is 10.2. The number of amides is 1. The number of fused-ring (bicyclic) bond motifs is 1. The van der Waals surface area contributed by atoms with E-state index in [1.807, 2.05) is 25.1 Å². The summed E-state index contributed by atoms with van der Waals surface area (Å²) < 4.78 is 0. The van der Waals surface area contributed by atoms with Crippen molar-refractivity contribution in [3.05, 3.63) is 41.6 Å². The molecule has 0 aliphatic carbocycles. The van der Waals surface area contributed by atoms with Crippen molar-refractivity contribution in [2.75, 3.05) is 20.6 Å². The average molecular weight is 271 g/mol. The van der Waals surface area contributed by atoms with Crippen LogP contribution in [-0.2, 0) is 11.2 Å². The van der Waals surface area contributed by atoms with Gasteiger partial charge in [0.15, 0.2) is 0 Å². The summed E-state index contributed by atoms with van der Waals surface area (Å²) >= 11 is 0. The minimum atomic E-state index is -0.166. The molecule has 1 amide bonds. The number of nitrogens with two attached hydrogens (primary N) is 1. The highest BCUT2D eigenvalue weighted by atomic mass is 16.2. The van der Waals surface area contributed by atoms with Crippen molar-refractivity contribution in [2.45, 2.75) is 13.3 Å². The molecular weight excluding hydrogens is 250 g/mol. The van der Waals surface area contributed by atoms with Crippen LogP contribution < -0.4 is 5.73 Å². The summed E-state index contributed by atoms with van der Waals surface area (Å²) in [5.74, 6) is -0.0875. The van der Waals surface area contributed by atoms with E-state index in [0.29, 0.717) is 13.0 Å². The van der Waals surface area contributed by atoms with Gasteiger partial charge in [-0.2, -0.15) is 0 Å². The van der Waals surface area contributed by atoms with E-state index >= 15 is 0 Å². The molecule has 0 aliphatic heterocycles. The molecule has 2 aromatic rings. The standard InChI is InChI=1S/C16H21N3O/c1-11-4-6-13-8-12(5-7-15(13)18-11)9-14(10-17)16(20)19(2)3/h4-8,14H,9-10,17H2,1-3H3. The molecule has 4 heteroatoms. The molecule has 0 saturated carbocycles. The quantitative estimate of drug-likeness (QED) is 0.921. The van der Waals surface area contributed by atoms with Gasteiger partial charge in [0.25, 0.3) is 0 Å². The van der Waals surface area contributed by atoms with Gasteiger partial charge in [0.2, 0.25) is 5.91 Å². The molecule has 106 valence electrons. The Morgan fingerprint density at radius 3 is 2.70 bits per heavy atom. The molecule has 1 heterocycles. The lowest BCUT2D eigenvalue weighted by Gasteiger charge is -2.19. The van der Waals surface area contributed by atoms with Crippen molar-refractivity contribution in [2.24, 2.45) is 11.7 Å². The highest BCUT2D eigenvalue weighted by Gasteiger charge is 2.19. The Labute approximate surface area is 119 Å². The second kappa shape index (κ2) is 6.01. The van der Waals surface area contributed by atoms with Gasteiger partial charge in [0, 0.05) is 31.7 Å². The van der Waals surface area contributed by atoms with E-state index in [2.05, 4.69) is 17.1 Å². The predicted octanol–water partition coefficient (Wildman–Crippen LogP) is 1.75. The van der Waals surface area contributed by atoms with E-state index in [4.69, 9.17) is 5.73 Å². The Morgan fingerprint density at radius 1 is 1.30 bits per heavy atom. The van der Waals surface area contributed by atoms with E-state index in [0.717, 1.165) is 22.2 Å². The zero-order valence-electron chi connectivity index (χ0n) is 12.3. The van der Waals surface area contributed by atoms with E-state index in [-0.39, 0.29) is 11.8 Å². The minimum Gasteiger partial charge on any atom is -0.349 e.